The van der Waals surface area contributed by atoms with Gasteiger partial charge in [-0.3, -0.25) is 4.79 Å². The van der Waals surface area contributed by atoms with E-state index in [-0.39, 0.29) is 6.42 Å². The molecule has 118 valence electrons. The van der Waals surface area contributed by atoms with Crippen molar-refractivity contribution >= 4 is 16.9 Å². The van der Waals surface area contributed by atoms with E-state index in [1.807, 2.05) is 60.0 Å². The summed E-state index contributed by atoms with van der Waals surface area (Å²) in [6.07, 6.45) is -0.630. The summed E-state index contributed by atoms with van der Waals surface area (Å²) >= 11 is 0. The third-order valence-corrected chi connectivity index (χ3v) is 3.88. The van der Waals surface area contributed by atoms with Crippen LogP contribution in [0.15, 0.2) is 48.5 Å². The molecule has 0 saturated heterocycles. The fourth-order valence-electron chi connectivity index (χ4n) is 2.69. The van der Waals surface area contributed by atoms with Gasteiger partial charge in [-0.1, -0.05) is 42.0 Å². The molecule has 1 unspecified atom stereocenters. The van der Waals surface area contributed by atoms with Crippen LogP contribution >= 0.6 is 0 Å². The lowest BCUT2D eigenvalue weighted by atomic mass is 10.1. The van der Waals surface area contributed by atoms with Crippen LogP contribution in [0.3, 0.4) is 0 Å². The van der Waals surface area contributed by atoms with Gasteiger partial charge in [-0.2, -0.15) is 0 Å². The normalized spacial score (nSPS) is 12.4. The number of primary amides is 1. The van der Waals surface area contributed by atoms with Crippen LogP contribution in [0.2, 0.25) is 0 Å². The molecule has 5 nitrogen and oxygen atoms in total. The first kappa shape index (κ1) is 15.2. The number of imidazole rings is 1. The number of para-hydroxylation sites is 2. The van der Waals surface area contributed by atoms with Gasteiger partial charge in [0.25, 0.3) is 0 Å². The molecule has 3 N–H and O–H groups in total. The number of amides is 1. The van der Waals surface area contributed by atoms with Crippen LogP contribution in [0.5, 0.6) is 0 Å². The van der Waals surface area contributed by atoms with Crippen LogP contribution in [-0.4, -0.2) is 20.6 Å². The second kappa shape index (κ2) is 6.22. The van der Waals surface area contributed by atoms with Gasteiger partial charge in [0, 0.05) is 0 Å². The van der Waals surface area contributed by atoms with Crippen molar-refractivity contribution in [2.75, 3.05) is 0 Å². The monoisotopic (exact) mass is 309 g/mol. The minimum absolute atomic E-state index is 0.0509. The Morgan fingerprint density at radius 1 is 1.22 bits per heavy atom. The first-order valence-electron chi connectivity index (χ1n) is 7.51. The summed E-state index contributed by atoms with van der Waals surface area (Å²) in [6.45, 7) is 2.33. The van der Waals surface area contributed by atoms with Crippen molar-refractivity contribution in [2.45, 2.75) is 26.0 Å². The summed E-state index contributed by atoms with van der Waals surface area (Å²) in [5.74, 6) is 0.135. The SMILES string of the molecule is Cc1ccc(C(O)Cn2c(CC(N)=O)nc3ccccc32)cc1. The molecule has 1 heterocycles. The molecular weight excluding hydrogens is 290 g/mol. The largest absolute Gasteiger partial charge is 0.387 e. The summed E-state index contributed by atoms with van der Waals surface area (Å²) in [6, 6.07) is 15.4. The van der Waals surface area contributed by atoms with Crippen molar-refractivity contribution < 1.29 is 9.90 Å². The molecule has 2 aromatic carbocycles. The molecule has 0 saturated carbocycles. The van der Waals surface area contributed by atoms with Gasteiger partial charge in [0.2, 0.25) is 5.91 Å². The lowest BCUT2D eigenvalue weighted by Gasteiger charge is -2.15. The Kier molecular flexibility index (Phi) is 4.12. The van der Waals surface area contributed by atoms with Gasteiger partial charge in [-0.15, -0.1) is 0 Å². The van der Waals surface area contributed by atoms with E-state index in [2.05, 4.69) is 4.98 Å². The van der Waals surface area contributed by atoms with Crippen molar-refractivity contribution in [1.29, 1.82) is 0 Å². The number of hydrogen-bond donors (Lipinski definition) is 2. The standard InChI is InChI=1S/C18H19N3O2/c1-12-6-8-13(9-7-12)16(22)11-21-15-5-3-2-4-14(15)20-18(21)10-17(19)23/h2-9,16,22H,10-11H2,1H3,(H2,19,23). The molecule has 0 radical (unpaired) electrons. The minimum Gasteiger partial charge on any atom is -0.387 e. The van der Waals surface area contributed by atoms with E-state index >= 15 is 0 Å². The molecule has 1 amide bonds. The van der Waals surface area contributed by atoms with Crippen LogP contribution in [-0.2, 0) is 17.8 Å². The van der Waals surface area contributed by atoms with Gasteiger partial charge in [-0.25, -0.2) is 4.98 Å². The van der Waals surface area contributed by atoms with Crippen molar-refractivity contribution in [3.8, 4) is 0 Å². The molecule has 5 heteroatoms. The van der Waals surface area contributed by atoms with Crippen LogP contribution in [0.1, 0.15) is 23.1 Å². The topological polar surface area (TPSA) is 81.1 Å². The number of carbonyl (C=O) groups is 1. The summed E-state index contributed by atoms with van der Waals surface area (Å²) in [7, 11) is 0. The van der Waals surface area contributed by atoms with Gasteiger partial charge < -0.3 is 15.4 Å². The van der Waals surface area contributed by atoms with Crippen LogP contribution in [0.4, 0.5) is 0 Å². The second-order valence-corrected chi connectivity index (χ2v) is 5.70. The Balaban J connectivity index is 1.97. The Bertz CT molecular complexity index is 837. The molecule has 3 rings (SSSR count). The highest BCUT2D eigenvalue weighted by Crippen LogP contribution is 2.22. The maximum Gasteiger partial charge on any atom is 0.225 e. The number of aromatic nitrogens is 2. The Labute approximate surface area is 134 Å². The molecule has 1 atom stereocenters. The number of hydrogen-bond acceptors (Lipinski definition) is 3. The zero-order chi connectivity index (χ0) is 16.4. The average Bonchev–Trinajstić information content (AvgIpc) is 2.85. The molecule has 3 aromatic rings. The molecule has 0 aliphatic heterocycles. The molecular formula is C18H19N3O2. The van der Waals surface area contributed by atoms with Gasteiger partial charge in [0.1, 0.15) is 5.82 Å². The van der Waals surface area contributed by atoms with Gasteiger partial charge >= 0.3 is 0 Å². The molecule has 0 aliphatic carbocycles. The van der Waals surface area contributed by atoms with E-state index in [9.17, 15) is 9.90 Å². The fraction of sp³-hybridized carbons (Fsp3) is 0.222. The molecule has 0 bridgehead atoms. The quantitative estimate of drug-likeness (QED) is 0.757. The molecule has 0 fully saturated rings. The van der Waals surface area contributed by atoms with Crippen LogP contribution in [0.25, 0.3) is 11.0 Å². The number of nitrogens with zero attached hydrogens (tertiary/aromatic N) is 2. The van der Waals surface area contributed by atoms with Gasteiger partial charge in [-0.05, 0) is 24.6 Å². The lowest BCUT2D eigenvalue weighted by molar-refractivity contribution is -0.117. The highest BCUT2D eigenvalue weighted by molar-refractivity contribution is 5.80. The molecule has 1 aromatic heterocycles. The fourth-order valence-corrected chi connectivity index (χ4v) is 2.69. The lowest BCUT2D eigenvalue weighted by Crippen LogP contribution is -2.19. The maximum atomic E-state index is 11.3. The van der Waals surface area contributed by atoms with Crippen LogP contribution in [0, 0.1) is 6.92 Å². The Morgan fingerprint density at radius 2 is 1.91 bits per heavy atom. The third kappa shape index (κ3) is 3.24. The Morgan fingerprint density at radius 3 is 2.61 bits per heavy atom. The third-order valence-electron chi connectivity index (χ3n) is 3.88. The van der Waals surface area contributed by atoms with Crippen molar-refractivity contribution in [2.24, 2.45) is 5.73 Å². The van der Waals surface area contributed by atoms with E-state index in [0.717, 1.165) is 22.2 Å². The molecule has 23 heavy (non-hydrogen) atoms. The predicted octanol–water partition coefficient (Wildman–Crippen LogP) is 2.11. The number of aliphatic hydroxyl groups excluding tert-OH is 1. The summed E-state index contributed by atoms with van der Waals surface area (Å²) in [5.41, 5.74) is 8.97. The number of rotatable bonds is 5. The van der Waals surface area contributed by atoms with Gasteiger partial charge in [0.15, 0.2) is 0 Å². The number of aliphatic hydroxyl groups is 1. The van der Waals surface area contributed by atoms with E-state index in [4.69, 9.17) is 5.73 Å². The van der Waals surface area contributed by atoms with Crippen molar-refractivity contribution in [3.63, 3.8) is 0 Å². The van der Waals surface area contributed by atoms with E-state index < -0.39 is 12.0 Å². The number of aryl methyl sites for hydroxylation is 1. The summed E-state index contributed by atoms with van der Waals surface area (Å²) < 4.78 is 1.87. The zero-order valence-corrected chi connectivity index (χ0v) is 12.9. The Hall–Kier alpha value is -2.66. The maximum absolute atomic E-state index is 11.3. The van der Waals surface area contributed by atoms with Crippen molar-refractivity contribution in [3.05, 3.63) is 65.5 Å². The molecule has 0 spiro atoms. The molecule has 0 aliphatic rings. The average molecular weight is 309 g/mol. The van der Waals surface area contributed by atoms with E-state index in [0.29, 0.717) is 12.4 Å². The van der Waals surface area contributed by atoms with E-state index in [1.165, 1.54) is 0 Å². The first-order chi connectivity index (χ1) is 11.0. The number of carbonyl (C=O) groups excluding carboxylic acids is 1. The van der Waals surface area contributed by atoms with Gasteiger partial charge in [0.05, 0.1) is 30.1 Å². The number of nitrogens with two attached hydrogens (primary N) is 1. The second-order valence-electron chi connectivity index (χ2n) is 5.70. The van der Waals surface area contributed by atoms with Crippen LogP contribution < -0.4 is 5.73 Å². The highest BCUT2D eigenvalue weighted by Gasteiger charge is 2.16. The minimum atomic E-state index is -0.681. The zero-order valence-electron chi connectivity index (χ0n) is 12.9. The summed E-state index contributed by atoms with van der Waals surface area (Å²) in [5, 5.41) is 10.5. The number of fused-ring (bicyclic) bond motifs is 1. The smallest absolute Gasteiger partial charge is 0.225 e. The highest BCUT2D eigenvalue weighted by atomic mass is 16.3. The predicted molar refractivity (Wildman–Crippen MR) is 88.8 cm³/mol. The van der Waals surface area contributed by atoms with E-state index in [1.54, 1.807) is 0 Å². The number of benzene rings is 2. The summed E-state index contributed by atoms with van der Waals surface area (Å²) in [4.78, 5) is 15.8. The van der Waals surface area contributed by atoms with Crippen molar-refractivity contribution in [1.82, 2.24) is 9.55 Å². The first-order valence-corrected chi connectivity index (χ1v) is 7.51.